The van der Waals surface area contributed by atoms with E-state index in [1.54, 1.807) is 45.0 Å². The summed E-state index contributed by atoms with van der Waals surface area (Å²) < 4.78 is 141. The van der Waals surface area contributed by atoms with Crippen molar-refractivity contribution in [1.82, 2.24) is 14.4 Å². The summed E-state index contributed by atoms with van der Waals surface area (Å²) in [5.41, 5.74) is 4.10. The molecule has 5 aromatic carbocycles. The number of hydrogen-bond acceptors (Lipinski definition) is 21. The van der Waals surface area contributed by atoms with Crippen molar-refractivity contribution in [3.8, 4) is 17.7 Å². The van der Waals surface area contributed by atoms with Crippen LogP contribution in [0.4, 0.5) is 33.6 Å². The van der Waals surface area contributed by atoms with E-state index in [1.807, 2.05) is 19.1 Å². The van der Waals surface area contributed by atoms with Crippen LogP contribution in [0.5, 0.6) is 11.6 Å². The smallest absolute Gasteiger partial charge is 0.296 e. The molecule has 30 heteroatoms. The van der Waals surface area contributed by atoms with Gasteiger partial charge in [-0.25, -0.2) is 9.97 Å². The number of hydrogen-bond donors (Lipinski definition) is 5. The Morgan fingerprint density at radius 3 is 2.05 bits per heavy atom. The van der Waals surface area contributed by atoms with Crippen LogP contribution >= 0.6 is 23.1 Å². The van der Waals surface area contributed by atoms with E-state index in [4.69, 9.17) is 4.74 Å². The number of aromatic nitrogens is 3. The summed E-state index contributed by atoms with van der Waals surface area (Å²) in [6.45, 7) is 6.58. The molecule has 0 aliphatic heterocycles. The third-order valence-electron chi connectivity index (χ3n) is 11.2. The molecule has 24 nitrogen and oxygen atoms in total. The first kappa shape index (κ1) is 54.3. The Morgan fingerprint density at radius 1 is 0.720 bits per heavy atom. The lowest BCUT2D eigenvalue weighted by atomic mass is 10.1. The number of benzene rings is 5. The van der Waals surface area contributed by atoms with E-state index in [-0.39, 0.29) is 108 Å². The summed E-state index contributed by atoms with van der Waals surface area (Å²) in [5, 5.41) is 48.3. The van der Waals surface area contributed by atoms with Crippen molar-refractivity contribution in [3.63, 3.8) is 0 Å². The molecule has 8 aromatic rings. The minimum atomic E-state index is -4.86. The van der Waals surface area contributed by atoms with E-state index in [0.717, 1.165) is 46.9 Å². The zero-order valence-corrected chi connectivity index (χ0v) is 44.3. The zero-order chi connectivity index (χ0) is 54.4. The molecule has 75 heavy (non-hydrogen) atoms. The first-order valence-corrected chi connectivity index (χ1v) is 29.7. The quantitative estimate of drug-likeness (QED) is 0.0231. The molecule has 0 fully saturated rings. The molecule has 390 valence electrons. The van der Waals surface area contributed by atoms with Crippen molar-refractivity contribution in [3.05, 3.63) is 94.5 Å². The number of aromatic hydroxyl groups is 1. The van der Waals surface area contributed by atoms with Gasteiger partial charge in [0.25, 0.3) is 40.5 Å². The fourth-order valence-electron chi connectivity index (χ4n) is 7.59. The normalized spacial score (nSPS) is 12.9. The molecule has 0 spiro atoms. The van der Waals surface area contributed by atoms with Crippen molar-refractivity contribution in [2.24, 2.45) is 30.7 Å². The largest absolute Gasteiger partial charge is 0.493 e. The van der Waals surface area contributed by atoms with Gasteiger partial charge in [0.15, 0.2) is 11.3 Å². The zero-order valence-electron chi connectivity index (χ0n) is 39.4. The first-order valence-electron chi connectivity index (χ1n) is 21.8. The number of azo groups is 3. The number of imidazole rings is 1. The van der Waals surface area contributed by atoms with Crippen LogP contribution in [0.25, 0.3) is 37.7 Å². The molecule has 0 amide bonds. The maximum absolute atomic E-state index is 12.4. The van der Waals surface area contributed by atoms with Gasteiger partial charge >= 0.3 is 0 Å². The molecule has 0 atom stereocenters. The highest BCUT2D eigenvalue weighted by atomic mass is 32.2. The summed E-state index contributed by atoms with van der Waals surface area (Å²) in [6, 6.07) is 18.2. The van der Waals surface area contributed by atoms with E-state index in [2.05, 4.69) is 46.7 Å². The molecule has 0 bridgehead atoms. The molecule has 0 saturated carbocycles. The minimum absolute atomic E-state index is 0.0227. The number of nitriles is 1. The van der Waals surface area contributed by atoms with Crippen LogP contribution in [0, 0.1) is 39.0 Å². The van der Waals surface area contributed by atoms with Gasteiger partial charge in [0.2, 0.25) is 11.0 Å². The Kier molecular flexibility index (Phi) is 15.2. The Morgan fingerprint density at radius 2 is 1.37 bits per heavy atom. The van der Waals surface area contributed by atoms with Gasteiger partial charge in [0.05, 0.1) is 55.8 Å². The summed E-state index contributed by atoms with van der Waals surface area (Å²) in [7, 11) is -18.2. The summed E-state index contributed by atoms with van der Waals surface area (Å²) in [4.78, 5) is 8.20. The average molecular weight is 1140 g/mol. The third-order valence-corrected chi connectivity index (χ3v) is 16.6. The molecule has 0 radical (unpaired) electrons. The van der Waals surface area contributed by atoms with Gasteiger partial charge in [-0.15, -0.1) is 37.3 Å². The number of pyridine rings is 1. The van der Waals surface area contributed by atoms with Gasteiger partial charge in [-0.05, 0) is 117 Å². The lowest BCUT2D eigenvalue weighted by Gasteiger charge is -2.12. The number of aryl methyl sites for hydroxylation is 3. The molecule has 0 saturated heterocycles. The highest BCUT2D eigenvalue weighted by Crippen LogP contribution is 2.44. The van der Waals surface area contributed by atoms with Crippen LogP contribution in [-0.2, 0) is 40.5 Å². The van der Waals surface area contributed by atoms with Gasteiger partial charge < -0.3 is 9.84 Å². The minimum Gasteiger partial charge on any atom is -0.493 e. The fourth-order valence-corrected chi connectivity index (χ4v) is 11.9. The number of nitrogens with zero attached hydrogens (tertiary/aromatic N) is 10. The lowest BCUT2D eigenvalue weighted by Crippen LogP contribution is -2.08. The summed E-state index contributed by atoms with van der Waals surface area (Å²) in [6.07, 6.45) is -0.106. The van der Waals surface area contributed by atoms with Crippen LogP contribution in [0.3, 0.4) is 0 Å². The lowest BCUT2D eigenvalue weighted by molar-refractivity contribution is 0.317. The van der Waals surface area contributed by atoms with Crippen LogP contribution in [0.1, 0.15) is 40.7 Å². The van der Waals surface area contributed by atoms with Crippen molar-refractivity contribution >= 4 is 135 Å². The van der Waals surface area contributed by atoms with Gasteiger partial charge in [-0.1, -0.05) is 23.5 Å². The molecule has 0 aliphatic carbocycles. The molecule has 8 rings (SSSR count). The van der Waals surface area contributed by atoms with Gasteiger partial charge in [0.1, 0.15) is 33.5 Å². The Labute approximate surface area is 435 Å². The molecular formula is C45H40N10O14S6. The number of fused-ring (bicyclic) bond motifs is 6. The fraction of sp³-hybridized carbons (Fsp3) is 0.222. The number of thiazole rings is 1. The monoisotopic (exact) mass is 1140 g/mol. The summed E-state index contributed by atoms with van der Waals surface area (Å²) >= 11 is 1.96. The van der Waals surface area contributed by atoms with Crippen molar-refractivity contribution < 1.29 is 61.7 Å². The number of ether oxygens (including phenoxy) is 1. The van der Waals surface area contributed by atoms with Crippen molar-refractivity contribution in [1.29, 1.82) is 5.26 Å². The summed E-state index contributed by atoms with van der Waals surface area (Å²) in [5.74, 6) is -1.30. The molecule has 0 aliphatic rings. The Bertz CT molecular complexity index is 4290. The highest BCUT2D eigenvalue weighted by molar-refractivity contribution is 7.99. The van der Waals surface area contributed by atoms with Crippen LogP contribution < -0.4 is 4.74 Å². The first-order chi connectivity index (χ1) is 35.2. The average Bonchev–Trinajstić information content (AvgIpc) is 3.92. The van der Waals surface area contributed by atoms with E-state index in [1.165, 1.54) is 16.5 Å². The Balaban J connectivity index is 1.17. The second-order valence-electron chi connectivity index (χ2n) is 16.7. The second-order valence-corrected chi connectivity index (χ2v) is 24.8. The van der Waals surface area contributed by atoms with Gasteiger partial charge in [-0.2, -0.15) is 44.0 Å². The maximum atomic E-state index is 12.4. The predicted octanol–water partition coefficient (Wildman–Crippen LogP) is 10.8. The SMILES string of the molecule is Cc1ccc2c(c1)nc1c(C#N)c(C)c(N=Nc3cc(C)c(N=Nc4cc(C)c(N=Nc5nc6c(S(=O)(=O)O)cc7ccc(S(=O)(=O)O)cc7c6s5)cc4SCCCS(=O)(=O)O)cc3OCCCS(=O)(=O)O)c(O)n12. The molecule has 3 heterocycles. The van der Waals surface area contributed by atoms with E-state index in [9.17, 15) is 62.3 Å². The standard InChI is InChI=1S/C45H40N10O14S6/c1-23-7-10-36-33(15-23)47-43-30(22-46)26(4)40(44(56)55(36)43)53-51-34-16-24(2)31(20-37(34)69-11-5-13-72(57,58)59)49-52-35-17-25(3)32(21-38(35)70-12-6-14-73(60,61)62)50-54-45-48-41-39(75(66,67)68)18-27-8-9-28(74(63,64)65)19-29(27)42(41)71-45/h7-10,15-21,56H,5-6,11-14H2,1-4H3,(H,57,58,59)(H,60,61,62)(H,63,64,65)(H,66,67,68). The highest BCUT2D eigenvalue weighted by Gasteiger charge is 2.24. The molecule has 5 N–H and O–H groups in total. The molecule has 3 aromatic heterocycles. The van der Waals surface area contributed by atoms with Gasteiger partial charge in [-0.3, -0.25) is 22.6 Å². The van der Waals surface area contributed by atoms with Crippen LogP contribution in [-0.4, -0.2) is 95.2 Å². The predicted molar refractivity (Wildman–Crippen MR) is 278 cm³/mol. The van der Waals surface area contributed by atoms with Crippen LogP contribution in [0.2, 0.25) is 0 Å². The topological polar surface area (TPSA) is 375 Å². The van der Waals surface area contributed by atoms with Crippen molar-refractivity contribution in [2.75, 3.05) is 23.9 Å². The Hall–Kier alpha value is -6.92. The molecular weight excluding hydrogens is 1100 g/mol. The third kappa shape index (κ3) is 12.3. The van der Waals surface area contributed by atoms with E-state index < -0.39 is 61.8 Å². The second kappa shape index (κ2) is 21.0. The van der Waals surface area contributed by atoms with Gasteiger partial charge in [0, 0.05) is 21.9 Å². The van der Waals surface area contributed by atoms with E-state index in [0.29, 0.717) is 27.1 Å². The van der Waals surface area contributed by atoms with Crippen LogP contribution in [0.15, 0.2) is 112 Å². The van der Waals surface area contributed by atoms with E-state index >= 15 is 0 Å². The number of thioether (sulfide) groups is 1. The van der Waals surface area contributed by atoms with Crippen molar-refractivity contribution in [2.45, 2.75) is 55.2 Å². The maximum Gasteiger partial charge on any atom is 0.296 e. The molecule has 0 unspecified atom stereocenters. The number of rotatable bonds is 18.